The number of hydrogen-bond donors (Lipinski definition) is 1. The van der Waals surface area contributed by atoms with E-state index in [1.165, 1.54) is 5.56 Å². The fraction of sp³-hybridized carbons (Fsp3) is 0.222. The van der Waals surface area contributed by atoms with Crippen molar-refractivity contribution in [1.82, 2.24) is 15.0 Å². The van der Waals surface area contributed by atoms with Crippen LogP contribution in [-0.2, 0) is 6.61 Å². The molecule has 4 heteroatoms. The molecule has 1 aromatic heterocycles. The average Bonchev–Trinajstić information content (AvgIpc) is 2.99. The predicted octanol–water partition coefficient (Wildman–Crippen LogP) is 3.36. The van der Waals surface area contributed by atoms with Crippen molar-refractivity contribution in [2.45, 2.75) is 26.5 Å². The lowest BCUT2D eigenvalue weighted by atomic mass is 10.0. The van der Waals surface area contributed by atoms with E-state index in [1.807, 2.05) is 35.0 Å². The van der Waals surface area contributed by atoms with Crippen LogP contribution in [0.4, 0.5) is 0 Å². The highest BCUT2D eigenvalue weighted by Gasteiger charge is 2.19. The van der Waals surface area contributed by atoms with Gasteiger partial charge in [0.05, 0.1) is 18.3 Å². The Balaban J connectivity index is 2.12. The number of benzene rings is 2. The van der Waals surface area contributed by atoms with E-state index in [-0.39, 0.29) is 12.6 Å². The van der Waals surface area contributed by atoms with Crippen molar-refractivity contribution in [2.24, 2.45) is 0 Å². The Morgan fingerprint density at radius 3 is 2.55 bits per heavy atom. The number of hydrogen-bond acceptors (Lipinski definition) is 3. The minimum Gasteiger partial charge on any atom is -0.390 e. The Morgan fingerprint density at radius 1 is 1.09 bits per heavy atom. The van der Waals surface area contributed by atoms with Gasteiger partial charge in [-0.05, 0) is 25.5 Å². The third-order valence-corrected chi connectivity index (χ3v) is 3.85. The second kappa shape index (κ2) is 6.12. The van der Waals surface area contributed by atoms with Crippen molar-refractivity contribution in [3.63, 3.8) is 0 Å². The maximum Gasteiger partial charge on any atom is 0.116 e. The lowest BCUT2D eigenvalue weighted by Crippen LogP contribution is -2.10. The van der Waals surface area contributed by atoms with E-state index >= 15 is 0 Å². The van der Waals surface area contributed by atoms with Gasteiger partial charge in [0.1, 0.15) is 5.69 Å². The summed E-state index contributed by atoms with van der Waals surface area (Å²) < 4.78 is 1.88. The normalized spacial score (nSPS) is 12.3. The van der Waals surface area contributed by atoms with Crippen LogP contribution >= 0.6 is 0 Å². The second-order valence-corrected chi connectivity index (χ2v) is 5.44. The van der Waals surface area contributed by atoms with Crippen molar-refractivity contribution in [2.75, 3.05) is 0 Å². The van der Waals surface area contributed by atoms with Crippen LogP contribution in [0.3, 0.4) is 0 Å². The topological polar surface area (TPSA) is 50.9 Å². The maximum absolute atomic E-state index is 9.60. The fourth-order valence-electron chi connectivity index (χ4n) is 2.67. The van der Waals surface area contributed by atoms with Gasteiger partial charge in [0.15, 0.2) is 0 Å². The SMILES string of the molecule is Cc1cccc(-c2c(CO)nnn2C(C)c2ccccc2)c1. The van der Waals surface area contributed by atoms with Crippen LogP contribution in [0.2, 0.25) is 0 Å². The zero-order valence-corrected chi connectivity index (χ0v) is 12.8. The summed E-state index contributed by atoms with van der Waals surface area (Å²) in [5, 5.41) is 18.0. The van der Waals surface area contributed by atoms with Crippen LogP contribution in [0.25, 0.3) is 11.3 Å². The first-order chi connectivity index (χ1) is 10.7. The van der Waals surface area contributed by atoms with Gasteiger partial charge in [-0.1, -0.05) is 59.3 Å². The van der Waals surface area contributed by atoms with Gasteiger partial charge in [-0.3, -0.25) is 0 Å². The summed E-state index contributed by atoms with van der Waals surface area (Å²) in [6, 6.07) is 18.4. The van der Waals surface area contributed by atoms with E-state index in [1.54, 1.807) is 0 Å². The molecule has 3 rings (SSSR count). The number of aliphatic hydroxyl groups excluding tert-OH is 1. The zero-order valence-electron chi connectivity index (χ0n) is 12.8. The lowest BCUT2D eigenvalue weighted by Gasteiger charge is -2.16. The smallest absolute Gasteiger partial charge is 0.116 e. The quantitative estimate of drug-likeness (QED) is 0.802. The molecule has 112 valence electrons. The molecule has 0 spiro atoms. The zero-order chi connectivity index (χ0) is 15.5. The van der Waals surface area contributed by atoms with E-state index in [2.05, 4.69) is 48.4 Å². The van der Waals surface area contributed by atoms with Crippen molar-refractivity contribution in [1.29, 1.82) is 0 Å². The van der Waals surface area contributed by atoms with Crippen LogP contribution in [0, 0.1) is 6.92 Å². The highest BCUT2D eigenvalue weighted by Crippen LogP contribution is 2.28. The first-order valence-corrected chi connectivity index (χ1v) is 7.37. The summed E-state index contributed by atoms with van der Waals surface area (Å²) >= 11 is 0. The largest absolute Gasteiger partial charge is 0.390 e. The Bertz CT molecular complexity index is 765. The summed E-state index contributed by atoms with van der Waals surface area (Å²) in [4.78, 5) is 0. The molecular formula is C18H19N3O. The Morgan fingerprint density at radius 2 is 1.86 bits per heavy atom. The summed E-state index contributed by atoms with van der Waals surface area (Å²) in [6.45, 7) is 4.02. The lowest BCUT2D eigenvalue weighted by molar-refractivity contribution is 0.277. The molecule has 0 aliphatic carbocycles. The van der Waals surface area contributed by atoms with E-state index in [9.17, 15) is 5.11 Å². The van der Waals surface area contributed by atoms with Crippen molar-refractivity contribution >= 4 is 0 Å². The third-order valence-electron chi connectivity index (χ3n) is 3.85. The number of aliphatic hydroxyl groups is 1. The molecule has 1 heterocycles. The average molecular weight is 293 g/mol. The van der Waals surface area contributed by atoms with Gasteiger partial charge in [0, 0.05) is 5.56 Å². The van der Waals surface area contributed by atoms with Crippen LogP contribution < -0.4 is 0 Å². The molecule has 1 unspecified atom stereocenters. The highest BCUT2D eigenvalue weighted by molar-refractivity contribution is 5.63. The van der Waals surface area contributed by atoms with Crippen molar-refractivity contribution < 1.29 is 5.11 Å². The molecule has 1 atom stereocenters. The van der Waals surface area contributed by atoms with Gasteiger partial charge in [-0.25, -0.2) is 4.68 Å². The minimum absolute atomic E-state index is 0.0458. The van der Waals surface area contributed by atoms with E-state index < -0.39 is 0 Å². The minimum atomic E-state index is -0.120. The monoisotopic (exact) mass is 293 g/mol. The van der Waals surface area contributed by atoms with Gasteiger partial charge in [-0.2, -0.15) is 0 Å². The highest BCUT2D eigenvalue weighted by atomic mass is 16.3. The van der Waals surface area contributed by atoms with Gasteiger partial charge >= 0.3 is 0 Å². The van der Waals surface area contributed by atoms with Gasteiger partial charge < -0.3 is 5.11 Å². The number of aromatic nitrogens is 3. The Kier molecular flexibility index (Phi) is 4.02. The molecule has 0 saturated heterocycles. The van der Waals surface area contributed by atoms with Crippen LogP contribution in [0.5, 0.6) is 0 Å². The van der Waals surface area contributed by atoms with E-state index in [0.717, 1.165) is 16.8 Å². The standard InChI is InChI=1S/C18H19N3O/c1-13-7-6-10-16(11-13)18-17(12-22)19-20-21(18)14(2)15-8-4-3-5-9-15/h3-11,14,22H,12H2,1-2H3. The van der Waals surface area contributed by atoms with Crippen LogP contribution in [0.1, 0.15) is 29.8 Å². The third kappa shape index (κ3) is 2.65. The Labute approximate surface area is 130 Å². The molecule has 2 aromatic carbocycles. The molecule has 0 fully saturated rings. The molecule has 4 nitrogen and oxygen atoms in total. The molecule has 1 N–H and O–H groups in total. The predicted molar refractivity (Wildman–Crippen MR) is 86.4 cm³/mol. The van der Waals surface area contributed by atoms with Gasteiger partial charge in [0.25, 0.3) is 0 Å². The van der Waals surface area contributed by atoms with E-state index in [4.69, 9.17) is 0 Å². The molecule has 0 saturated carbocycles. The summed E-state index contributed by atoms with van der Waals surface area (Å²) in [5.74, 6) is 0. The van der Waals surface area contributed by atoms with Crippen molar-refractivity contribution in [3.05, 3.63) is 71.4 Å². The molecule has 0 radical (unpaired) electrons. The second-order valence-electron chi connectivity index (χ2n) is 5.44. The number of aryl methyl sites for hydroxylation is 1. The first-order valence-electron chi connectivity index (χ1n) is 7.37. The summed E-state index contributed by atoms with van der Waals surface area (Å²) in [7, 11) is 0. The molecule has 0 aliphatic heterocycles. The molecule has 3 aromatic rings. The van der Waals surface area contributed by atoms with Gasteiger partial charge in [0.2, 0.25) is 0 Å². The summed E-state index contributed by atoms with van der Waals surface area (Å²) in [6.07, 6.45) is 0. The first kappa shape index (κ1) is 14.5. The molecular weight excluding hydrogens is 274 g/mol. The van der Waals surface area contributed by atoms with E-state index in [0.29, 0.717) is 5.69 Å². The number of rotatable bonds is 4. The van der Waals surface area contributed by atoms with Crippen LogP contribution in [-0.4, -0.2) is 20.1 Å². The molecule has 0 aliphatic rings. The molecule has 22 heavy (non-hydrogen) atoms. The maximum atomic E-state index is 9.60. The Hall–Kier alpha value is -2.46. The number of nitrogens with zero attached hydrogens (tertiary/aromatic N) is 3. The molecule has 0 amide bonds. The molecule has 0 bridgehead atoms. The van der Waals surface area contributed by atoms with Crippen LogP contribution in [0.15, 0.2) is 54.6 Å². The fourth-order valence-corrected chi connectivity index (χ4v) is 2.67. The van der Waals surface area contributed by atoms with Gasteiger partial charge in [-0.15, -0.1) is 5.10 Å². The summed E-state index contributed by atoms with van der Waals surface area (Å²) in [5.41, 5.74) is 4.83. The van der Waals surface area contributed by atoms with Crippen molar-refractivity contribution in [3.8, 4) is 11.3 Å².